The van der Waals surface area contributed by atoms with Crippen molar-refractivity contribution < 1.29 is 32.2 Å². The summed E-state index contributed by atoms with van der Waals surface area (Å²) in [6.07, 6.45) is 0. The molecule has 218 valence electrons. The van der Waals surface area contributed by atoms with Gasteiger partial charge in [0.2, 0.25) is 5.91 Å². The van der Waals surface area contributed by atoms with Gasteiger partial charge >= 0.3 is 0 Å². The number of carbonyl (C=O) groups excluding carboxylic acids is 2. The van der Waals surface area contributed by atoms with E-state index in [1.807, 2.05) is 0 Å². The molecule has 0 spiro atoms. The summed E-state index contributed by atoms with van der Waals surface area (Å²) in [6, 6.07) is 21.3. The fourth-order valence-electron chi connectivity index (χ4n) is 4.14. The average Bonchev–Trinajstić information content (AvgIpc) is 3.00. The molecule has 1 N–H and O–H groups in total. The van der Waals surface area contributed by atoms with Gasteiger partial charge in [-0.25, -0.2) is 8.42 Å². The van der Waals surface area contributed by atoms with Gasteiger partial charge in [-0.3, -0.25) is 13.9 Å². The Hall–Kier alpha value is -4.25. The fraction of sp³-hybridized carbons (Fsp3) is 0.133. The topological polar surface area (TPSA) is 111 Å². The number of benzene rings is 4. The summed E-state index contributed by atoms with van der Waals surface area (Å²) in [4.78, 5) is 26.6. The zero-order chi connectivity index (χ0) is 30.4. The number of ketones is 1. The van der Waals surface area contributed by atoms with E-state index < -0.39 is 22.5 Å². The first-order chi connectivity index (χ1) is 20.1. The van der Waals surface area contributed by atoms with Crippen LogP contribution in [-0.4, -0.2) is 48.0 Å². The number of nitrogens with zero attached hydrogens (tertiary/aromatic N) is 1. The zero-order valence-electron chi connectivity index (χ0n) is 22.8. The standard InChI is InChI=1S/C30H26Cl2N2O7S/c1-39-26-13-10-21(32)16-25(26)34(42(37,38)22-11-14-27(40-2)28(17-22)41-3)18-29(35)33-24-12-9-20(31)15-23(24)30(36)19-7-5-4-6-8-19/h4-17H,18H2,1-3H3,(H,33,35). The maximum Gasteiger partial charge on any atom is 0.265 e. The Balaban J connectivity index is 1.76. The first-order valence-electron chi connectivity index (χ1n) is 12.4. The molecule has 0 aliphatic rings. The molecule has 4 aromatic rings. The molecule has 0 heterocycles. The van der Waals surface area contributed by atoms with E-state index in [9.17, 15) is 18.0 Å². The molecule has 0 aliphatic carbocycles. The van der Waals surface area contributed by atoms with E-state index in [4.69, 9.17) is 37.4 Å². The molecule has 1 amide bonds. The fourth-order valence-corrected chi connectivity index (χ4v) is 5.92. The van der Waals surface area contributed by atoms with Gasteiger partial charge in [0.05, 0.1) is 37.6 Å². The van der Waals surface area contributed by atoms with E-state index in [1.165, 1.54) is 75.9 Å². The Bertz CT molecular complexity index is 1730. The van der Waals surface area contributed by atoms with Crippen molar-refractivity contribution in [1.29, 1.82) is 0 Å². The second-order valence-corrected chi connectivity index (χ2v) is 11.5. The van der Waals surface area contributed by atoms with E-state index in [-0.39, 0.29) is 49.2 Å². The number of anilines is 2. The van der Waals surface area contributed by atoms with E-state index in [0.29, 0.717) is 11.3 Å². The number of ether oxygens (including phenoxy) is 3. The van der Waals surface area contributed by atoms with Crippen LogP contribution >= 0.6 is 23.2 Å². The van der Waals surface area contributed by atoms with Crippen molar-refractivity contribution in [3.05, 3.63) is 106 Å². The number of sulfonamides is 1. The number of hydrogen-bond acceptors (Lipinski definition) is 7. The number of carbonyl (C=O) groups is 2. The number of nitrogens with one attached hydrogen (secondary N) is 1. The molecular weight excluding hydrogens is 603 g/mol. The molecule has 42 heavy (non-hydrogen) atoms. The summed E-state index contributed by atoms with van der Waals surface area (Å²) in [5.74, 6) is -0.474. The SMILES string of the molecule is COc1ccc(S(=O)(=O)N(CC(=O)Nc2ccc(Cl)cc2C(=O)c2ccccc2)c2cc(Cl)ccc2OC)cc1OC. The molecule has 0 fully saturated rings. The van der Waals surface area contributed by atoms with Gasteiger partial charge in [0.25, 0.3) is 10.0 Å². The smallest absolute Gasteiger partial charge is 0.265 e. The first-order valence-corrected chi connectivity index (χ1v) is 14.6. The van der Waals surface area contributed by atoms with E-state index in [2.05, 4.69) is 5.32 Å². The number of hydrogen-bond donors (Lipinski definition) is 1. The Kier molecular flexibility index (Phi) is 9.62. The summed E-state index contributed by atoms with van der Waals surface area (Å²) < 4.78 is 44.9. The molecule has 0 atom stereocenters. The minimum atomic E-state index is -4.41. The lowest BCUT2D eigenvalue weighted by Gasteiger charge is -2.26. The molecule has 12 heteroatoms. The molecule has 4 aromatic carbocycles. The average molecular weight is 630 g/mol. The first kappa shape index (κ1) is 30.7. The van der Waals surface area contributed by atoms with Gasteiger partial charge in [0, 0.05) is 27.2 Å². The van der Waals surface area contributed by atoms with Crippen molar-refractivity contribution in [2.75, 3.05) is 37.5 Å². The highest BCUT2D eigenvalue weighted by molar-refractivity contribution is 7.92. The van der Waals surface area contributed by atoms with Crippen LogP contribution in [0.4, 0.5) is 11.4 Å². The van der Waals surface area contributed by atoms with Crippen molar-refractivity contribution in [3.63, 3.8) is 0 Å². The van der Waals surface area contributed by atoms with Gasteiger partial charge in [0.15, 0.2) is 17.3 Å². The highest BCUT2D eigenvalue weighted by atomic mass is 35.5. The van der Waals surface area contributed by atoms with Gasteiger partial charge in [-0.05, 0) is 48.5 Å². The third-order valence-corrected chi connectivity index (χ3v) is 8.40. The minimum Gasteiger partial charge on any atom is -0.495 e. The van der Waals surface area contributed by atoms with E-state index in [0.717, 1.165) is 4.31 Å². The van der Waals surface area contributed by atoms with E-state index in [1.54, 1.807) is 30.3 Å². The van der Waals surface area contributed by atoms with Crippen LogP contribution < -0.4 is 23.8 Å². The number of amides is 1. The van der Waals surface area contributed by atoms with Crippen LogP contribution in [-0.2, 0) is 14.8 Å². The lowest BCUT2D eigenvalue weighted by Crippen LogP contribution is -2.38. The molecule has 4 rings (SSSR count). The van der Waals surface area contributed by atoms with Gasteiger partial charge in [-0.15, -0.1) is 0 Å². The Morgan fingerprint density at radius 2 is 1.38 bits per heavy atom. The maximum atomic E-state index is 14.1. The highest BCUT2D eigenvalue weighted by Crippen LogP contribution is 2.37. The predicted octanol–water partition coefficient (Wildman–Crippen LogP) is 6.08. The summed E-state index contributed by atoms with van der Waals surface area (Å²) >= 11 is 12.4. The number of methoxy groups -OCH3 is 3. The second kappa shape index (κ2) is 13.2. The summed E-state index contributed by atoms with van der Waals surface area (Å²) in [6.45, 7) is -0.699. The van der Waals surface area contributed by atoms with Crippen molar-refractivity contribution in [2.24, 2.45) is 0 Å². The van der Waals surface area contributed by atoms with Crippen molar-refractivity contribution in [3.8, 4) is 17.2 Å². The normalized spacial score (nSPS) is 11.0. The summed E-state index contributed by atoms with van der Waals surface area (Å²) in [7, 11) is -0.251. The molecule has 0 saturated carbocycles. The molecule has 0 bridgehead atoms. The Morgan fingerprint density at radius 3 is 2.05 bits per heavy atom. The third kappa shape index (κ3) is 6.62. The molecule has 0 aliphatic heterocycles. The molecule has 9 nitrogen and oxygen atoms in total. The zero-order valence-corrected chi connectivity index (χ0v) is 25.1. The largest absolute Gasteiger partial charge is 0.495 e. The van der Waals surface area contributed by atoms with Gasteiger partial charge in [-0.2, -0.15) is 0 Å². The van der Waals surface area contributed by atoms with Crippen molar-refractivity contribution >= 4 is 56.3 Å². The van der Waals surface area contributed by atoms with Gasteiger partial charge in [-0.1, -0.05) is 53.5 Å². The van der Waals surface area contributed by atoms with Gasteiger partial charge < -0.3 is 19.5 Å². The Morgan fingerprint density at radius 1 is 0.762 bits per heavy atom. The minimum absolute atomic E-state index is 0.0200. The van der Waals surface area contributed by atoms with Crippen LogP contribution in [0.25, 0.3) is 0 Å². The molecule has 0 aromatic heterocycles. The lowest BCUT2D eigenvalue weighted by molar-refractivity contribution is -0.114. The van der Waals surface area contributed by atoms with Crippen LogP contribution in [0.1, 0.15) is 15.9 Å². The van der Waals surface area contributed by atoms with Crippen LogP contribution in [0.5, 0.6) is 17.2 Å². The molecule has 0 unspecified atom stereocenters. The summed E-state index contributed by atoms with van der Waals surface area (Å²) in [5, 5.41) is 3.16. The van der Waals surface area contributed by atoms with Crippen LogP contribution in [0.15, 0.2) is 89.8 Å². The Labute approximate surface area is 253 Å². The van der Waals surface area contributed by atoms with Crippen molar-refractivity contribution in [1.82, 2.24) is 0 Å². The second-order valence-electron chi connectivity index (χ2n) is 8.78. The monoisotopic (exact) mass is 628 g/mol. The summed E-state index contributed by atoms with van der Waals surface area (Å²) in [5.41, 5.74) is 0.694. The van der Waals surface area contributed by atoms with Crippen LogP contribution in [0.3, 0.4) is 0 Å². The maximum absolute atomic E-state index is 14.1. The molecule has 0 radical (unpaired) electrons. The quantitative estimate of drug-likeness (QED) is 0.200. The number of rotatable bonds is 11. The predicted molar refractivity (Wildman–Crippen MR) is 162 cm³/mol. The highest BCUT2D eigenvalue weighted by Gasteiger charge is 2.31. The van der Waals surface area contributed by atoms with Crippen molar-refractivity contribution in [2.45, 2.75) is 4.90 Å². The van der Waals surface area contributed by atoms with Crippen LogP contribution in [0.2, 0.25) is 10.0 Å². The van der Waals surface area contributed by atoms with Crippen LogP contribution in [0, 0.1) is 0 Å². The third-order valence-electron chi connectivity index (χ3n) is 6.18. The number of halogens is 2. The molecular formula is C30H26Cl2N2O7S. The van der Waals surface area contributed by atoms with E-state index >= 15 is 0 Å². The lowest BCUT2D eigenvalue weighted by atomic mass is 10.0. The van der Waals surface area contributed by atoms with Gasteiger partial charge in [0.1, 0.15) is 12.3 Å². The molecule has 0 saturated heterocycles.